The number of sulfone groups is 1. The second-order valence-corrected chi connectivity index (χ2v) is 9.02. The molecular formula is C20H17F3N2O2S2. The number of nitrogens with zero attached hydrogens (tertiary/aromatic N) is 1. The van der Waals surface area contributed by atoms with Gasteiger partial charge in [0, 0.05) is 16.6 Å². The molecule has 0 aliphatic carbocycles. The Bertz CT molecular complexity index is 1150. The Kier molecular flexibility index (Phi) is 6.09. The van der Waals surface area contributed by atoms with Crippen LogP contribution in [-0.4, -0.2) is 13.4 Å². The molecule has 4 nitrogen and oxygen atoms in total. The van der Waals surface area contributed by atoms with Crippen molar-refractivity contribution in [2.24, 2.45) is 0 Å². The lowest BCUT2D eigenvalue weighted by Gasteiger charge is -2.19. The van der Waals surface area contributed by atoms with Gasteiger partial charge in [-0.25, -0.2) is 26.6 Å². The molecule has 0 amide bonds. The molecule has 1 heterocycles. The van der Waals surface area contributed by atoms with E-state index < -0.39 is 44.0 Å². The predicted octanol–water partition coefficient (Wildman–Crippen LogP) is 5.35. The zero-order valence-corrected chi connectivity index (χ0v) is 17.0. The van der Waals surface area contributed by atoms with Gasteiger partial charge in [-0.3, -0.25) is 0 Å². The van der Waals surface area contributed by atoms with E-state index >= 15 is 0 Å². The number of benzene rings is 2. The molecule has 29 heavy (non-hydrogen) atoms. The maximum atomic E-state index is 14.7. The van der Waals surface area contributed by atoms with Crippen LogP contribution in [-0.2, 0) is 15.6 Å². The second-order valence-electron chi connectivity index (χ2n) is 6.34. The summed E-state index contributed by atoms with van der Waals surface area (Å²) in [5, 5.41) is 4.47. The smallest absolute Gasteiger partial charge is 0.187 e. The second kappa shape index (κ2) is 8.38. The van der Waals surface area contributed by atoms with Gasteiger partial charge in [0.25, 0.3) is 0 Å². The Morgan fingerprint density at radius 2 is 1.97 bits per heavy atom. The summed E-state index contributed by atoms with van der Waals surface area (Å²) in [6.45, 7) is 5.21. The normalized spacial score (nSPS) is 12.6. The van der Waals surface area contributed by atoms with Gasteiger partial charge in [0.2, 0.25) is 0 Å². The van der Waals surface area contributed by atoms with Crippen LogP contribution in [0, 0.1) is 17.5 Å². The average Bonchev–Trinajstić information content (AvgIpc) is 3.15. The molecule has 0 fully saturated rings. The van der Waals surface area contributed by atoms with Crippen molar-refractivity contribution >= 4 is 32.9 Å². The Morgan fingerprint density at radius 1 is 1.21 bits per heavy atom. The number of thiazole rings is 1. The summed E-state index contributed by atoms with van der Waals surface area (Å²) in [7, 11) is -3.97. The van der Waals surface area contributed by atoms with E-state index in [1.54, 1.807) is 12.3 Å². The quantitative estimate of drug-likeness (QED) is 0.540. The summed E-state index contributed by atoms with van der Waals surface area (Å²) in [5.41, 5.74) is 2.40. The summed E-state index contributed by atoms with van der Waals surface area (Å²) >= 11 is 1.24. The van der Waals surface area contributed by atoms with E-state index in [4.69, 9.17) is 0 Å². The lowest BCUT2D eigenvalue weighted by molar-refractivity contribution is 0.565. The number of halogens is 3. The van der Waals surface area contributed by atoms with Crippen molar-refractivity contribution in [2.45, 2.75) is 23.6 Å². The highest BCUT2D eigenvalue weighted by molar-refractivity contribution is 7.90. The van der Waals surface area contributed by atoms with Gasteiger partial charge in [-0.05, 0) is 42.8 Å². The molecule has 0 saturated heterocycles. The van der Waals surface area contributed by atoms with Crippen molar-refractivity contribution in [1.82, 2.24) is 4.98 Å². The van der Waals surface area contributed by atoms with E-state index in [1.807, 2.05) is 0 Å². The maximum Gasteiger partial charge on any atom is 0.187 e. The largest absolute Gasteiger partial charge is 0.378 e. The van der Waals surface area contributed by atoms with E-state index in [0.29, 0.717) is 11.3 Å². The van der Waals surface area contributed by atoms with Gasteiger partial charge < -0.3 is 5.32 Å². The zero-order chi connectivity index (χ0) is 21.2. The Hall–Kier alpha value is -2.65. The van der Waals surface area contributed by atoms with Crippen molar-refractivity contribution in [3.8, 4) is 0 Å². The summed E-state index contributed by atoms with van der Waals surface area (Å²) in [6.07, 6.45) is 1.36. The monoisotopic (exact) mass is 438 g/mol. The third-order valence-electron chi connectivity index (χ3n) is 4.28. The summed E-state index contributed by atoms with van der Waals surface area (Å²) in [5.74, 6) is -2.61. The van der Waals surface area contributed by atoms with E-state index in [2.05, 4.69) is 16.9 Å². The fraction of sp³-hybridized carbons (Fsp3) is 0.150. The highest BCUT2D eigenvalue weighted by atomic mass is 32.2. The molecule has 0 unspecified atom stereocenters. The van der Waals surface area contributed by atoms with Crippen LogP contribution < -0.4 is 5.32 Å². The number of hydrogen-bond acceptors (Lipinski definition) is 5. The third-order valence-corrected chi connectivity index (χ3v) is 6.57. The van der Waals surface area contributed by atoms with Gasteiger partial charge in [0.05, 0.1) is 23.0 Å². The third kappa shape index (κ3) is 4.68. The number of aromatic nitrogens is 1. The van der Waals surface area contributed by atoms with Gasteiger partial charge in [-0.15, -0.1) is 11.3 Å². The van der Waals surface area contributed by atoms with Crippen LogP contribution in [0.25, 0.3) is 6.08 Å². The molecule has 1 N–H and O–H groups in total. The first-order valence-electron chi connectivity index (χ1n) is 8.48. The highest BCUT2D eigenvalue weighted by Gasteiger charge is 2.23. The van der Waals surface area contributed by atoms with Gasteiger partial charge in [0.15, 0.2) is 9.84 Å². The molecule has 2 aromatic carbocycles. The first-order chi connectivity index (χ1) is 13.7. The lowest BCUT2D eigenvalue weighted by Crippen LogP contribution is -2.12. The Morgan fingerprint density at radius 3 is 2.62 bits per heavy atom. The predicted molar refractivity (Wildman–Crippen MR) is 108 cm³/mol. The maximum absolute atomic E-state index is 14.7. The minimum Gasteiger partial charge on any atom is -0.378 e. The number of nitrogens with one attached hydrogen (secondary N) is 1. The molecule has 0 spiro atoms. The molecule has 0 radical (unpaired) electrons. The molecule has 1 aromatic heterocycles. The van der Waals surface area contributed by atoms with Crippen LogP contribution in [0.1, 0.15) is 29.8 Å². The molecule has 0 aliphatic rings. The van der Waals surface area contributed by atoms with Crippen molar-refractivity contribution in [2.75, 3.05) is 5.32 Å². The molecule has 152 valence electrons. The molecule has 1 atom stereocenters. The molecule has 3 rings (SSSR count). The van der Waals surface area contributed by atoms with Gasteiger partial charge in [-0.1, -0.05) is 12.7 Å². The van der Waals surface area contributed by atoms with Crippen molar-refractivity contribution in [3.05, 3.63) is 82.1 Å². The van der Waals surface area contributed by atoms with Crippen LogP contribution in [0.15, 0.2) is 52.7 Å². The number of anilines is 1. The molecule has 0 aliphatic heterocycles. The van der Waals surface area contributed by atoms with Gasteiger partial charge in [-0.2, -0.15) is 0 Å². The van der Waals surface area contributed by atoms with E-state index in [1.165, 1.54) is 29.0 Å². The first-order valence-corrected chi connectivity index (χ1v) is 11.1. The molecule has 0 saturated carbocycles. The van der Waals surface area contributed by atoms with E-state index in [-0.39, 0.29) is 11.3 Å². The topological polar surface area (TPSA) is 59.1 Å². The Balaban J connectivity index is 1.94. The minimum absolute atomic E-state index is 0.0562. The first kappa shape index (κ1) is 21.1. The zero-order valence-electron chi connectivity index (χ0n) is 15.3. The van der Waals surface area contributed by atoms with E-state index in [0.717, 1.165) is 24.3 Å². The molecular weight excluding hydrogens is 421 g/mol. The summed E-state index contributed by atoms with van der Waals surface area (Å²) in [4.78, 5) is 3.45. The number of rotatable bonds is 7. The molecule has 0 bridgehead atoms. The van der Waals surface area contributed by atoms with Crippen LogP contribution in [0.4, 0.5) is 18.9 Å². The Labute approximate surface area is 170 Å². The van der Waals surface area contributed by atoms with E-state index in [9.17, 15) is 21.6 Å². The van der Waals surface area contributed by atoms with Crippen LogP contribution in [0.3, 0.4) is 0 Å². The number of hydrogen-bond donors (Lipinski definition) is 1. The summed E-state index contributed by atoms with van der Waals surface area (Å²) < 4.78 is 67.3. The van der Waals surface area contributed by atoms with Crippen LogP contribution >= 0.6 is 11.3 Å². The highest BCUT2D eigenvalue weighted by Crippen LogP contribution is 2.30. The SMILES string of the molecule is C=Cc1cc(S(=O)(=O)Cc2cscn2)c(F)cc1N[C@@H](C)c1cc(F)ccc1F. The molecule has 3 aromatic rings. The fourth-order valence-corrected chi connectivity index (χ4v) is 4.87. The summed E-state index contributed by atoms with van der Waals surface area (Å²) in [6, 6.07) is 4.53. The average molecular weight is 438 g/mol. The van der Waals surface area contributed by atoms with Crippen molar-refractivity contribution < 1.29 is 21.6 Å². The van der Waals surface area contributed by atoms with Crippen LogP contribution in [0.2, 0.25) is 0 Å². The van der Waals surface area contributed by atoms with Gasteiger partial charge >= 0.3 is 0 Å². The lowest BCUT2D eigenvalue weighted by atomic mass is 10.1. The van der Waals surface area contributed by atoms with Crippen molar-refractivity contribution in [3.63, 3.8) is 0 Å². The fourth-order valence-electron chi connectivity index (χ4n) is 2.84. The van der Waals surface area contributed by atoms with Gasteiger partial charge in [0.1, 0.15) is 22.3 Å². The van der Waals surface area contributed by atoms with Crippen LogP contribution in [0.5, 0.6) is 0 Å². The minimum atomic E-state index is -3.97. The van der Waals surface area contributed by atoms with Crippen molar-refractivity contribution in [1.29, 1.82) is 0 Å². The standard InChI is InChI=1S/C20H17F3N2O2S2/c1-3-13-6-20(29(26,27)10-15-9-28-11-24-15)18(23)8-19(13)25-12(2)16-7-14(21)4-5-17(16)22/h3-9,11-12,25H,1,10H2,2H3/t12-/m0/s1. The molecule has 9 heteroatoms.